The number of H-pyrrole nitrogens is 1. The second-order valence-corrected chi connectivity index (χ2v) is 12.5. The highest BCUT2D eigenvalue weighted by Gasteiger charge is 2.29. The Morgan fingerprint density at radius 2 is 1.72 bits per heavy atom. The Kier molecular flexibility index (Phi) is 7.59. The first-order chi connectivity index (χ1) is 18.1. The molecule has 0 fully saturated rings. The number of nitrogens with zero attached hydrogens (tertiary/aromatic N) is 3. The standard InChI is InChI=1S/C28H36N6O4S/c1-16-9-12-19(27(3,4)5)15-21(16)38-39(36)33-17(2)25-30-31-26-22(23(28(6,7)8)32-34(25)26)37-20-13-10-18(11-14-20)24(29)35/h9-15,17,32-33H,1-8H3,(H2,29,35). The van der Waals surface area contributed by atoms with E-state index in [9.17, 15) is 9.00 Å². The smallest absolute Gasteiger partial charge is 0.288 e. The zero-order valence-corrected chi connectivity index (χ0v) is 24.4. The van der Waals surface area contributed by atoms with Gasteiger partial charge in [0, 0.05) is 11.0 Å². The van der Waals surface area contributed by atoms with E-state index in [-0.39, 0.29) is 10.8 Å². The van der Waals surface area contributed by atoms with E-state index in [2.05, 4.69) is 46.9 Å². The molecule has 10 nitrogen and oxygen atoms in total. The number of aromatic amines is 1. The number of rotatable bonds is 8. The van der Waals surface area contributed by atoms with Gasteiger partial charge in [-0.15, -0.1) is 10.2 Å². The molecule has 0 bridgehead atoms. The van der Waals surface area contributed by atoms with Crippen molar-refractivity contribution >= 4 is 22.8 Å². The van der Waals surface area contributed by atoms with Gasteiger partial charge in [-0.3, -0.25) is 9.89 Å². The Labute approximate surface area is 231 Å². The lowest BCUT2D eigenvalue weighted by Crippen LogP contribution is -2.27. The van der Waals surface area contributed by atoms with Crippen molar-refractivity contribution in [3.8, 4) is 17.2 Å². The molecular weight excluding hydrogens is 516 g/mol. The molecule has 0 aliphatic rings. The number of ether oxygens (including phenoxy) is 1. The molecule has 1 amide bonds. The van der Waals surface area contributed by atoms with Gasteiger partial charge in [0.05, 0.1) is 11.7 Å². The Morgan fingerprint density at radius 1 is 1.05 bits per heavy atom. The number of nitrogens with one attached hydrogen (secondary N) is 2. The topological polar surface area (TPSA) is 137 Å². The van der Waals surface area contributed by atoms with Crippen molar-refractivity contribution in [2.75, 3.05) is 0 Å². The summed E-state index contributed by atoms with van der Waals surface area (Å²) in [6.07, 6.45) is 0. The fraction of sp³-hybridized carbons (Fsp3) is 0.393. The first-order valence-electron chi connectivity index (χ1n) is 12.7. The summed E-state index contributed by atoms with van der Waals surface area (Å²) in [4.78, 5) is 11.4. The maximum atomic E-state index is 13.0. The van der Waals surface area contributed by atoms with Gasteiger partial charge < -0.3 is 14.7 Å². The Hall–Kier alpha value is -3.70. The predicted molar refractivity (Wildman–Crippen MR) is 151 cm³/mol. The fourth-order valence-corrected chi connectivity index (χ4v) is 4.76. The highest BCUT2D eigenvalue weighted by atomic mass is 32.2. The normalized spacial score (nSPS) is 13.8. The van der Waals surface area contributed by atoms with Crippen LogP contribution in [-0.4, -0.2) is 29.9 Å². The van der Waals surface area contributed by atoms with Crippen molar-refractivity contribution in [2.45, 2.75) is 72.3 Å². The third kappa shape index (κ3) is 6.15. The van der Waals surface area contributed by atoms with Gasteiger partial charge in [-0.2, -0.15) is 8.93 Å². The summed E-state index contributed by atoms with van der Waals surface area (Å²) in [5, 5.41) is 12.0. The largest absolute Gasteiger partial charge is 0.451 e. The van der Waals surface area contributed by atoms with Crippen LogP contribution in [0.3, 0.4) is 0 Å². The molecule has 4 aromatic rings. The minimum absolute atomic E-state index is 0.0663. The fourth-order valence-electron chi connectivity index (χ4n) is 3.98. The van der Waals surface area contributed by atoms with Crippen LogP contribution < -0.4 is 19.4 Å². The summed E-state index contributed by atoms with van der Waals surface area (Å²) in [5.41, 5.74) is 8.60. The van der Waals surface area contributed by atoms with Crippen molar-refractivity contribution < 1.29 is 17.9 Å². The molecule has 0 spiro atoms. The zero-order chi connectivity index (χ0) is 28.7. The van der Waals surface area contributed by atoms with Crippen molar-refractivity contribution in [1.82, 2.24) is 24.5 Å². The number of fused-ring (bicyclic) bond motifs is 1. The molecule has 39 heavy (non-hydrogen) atoms. The molecule has 0 radical (unpaired) electrons. The quantitative estimate of drug-likeness (QED) is 0.276. The summed E-state index contributed by atoms with van der Waals surface area (Å²) in [6.45, 7) is 16.2. The van der Waals surface area contributed by atoms with Crippen molar-refractivity contribution in [3.05, 3.63) is 70.7 Å². The molecule has 0 aliphatic carbocycles. The van der Waals surface area contributed by atoms with Crippen LogP contribution in [0.25, 0.3) is 5.65 Å². The van der Waals surface area contributed by atoms with Crippen LogP contribution in [-0.2, 0) is 22.1 Å². The number of carbonyl (C=O) groups is 1. The molecule has 11 heteroatoms. The highest BCUT2D eigenvalue weighted by Crippen LogP contribution is 2.37. The van der Waals surface area contributed by atoms with E-state index in [1.165, 1.54) is 0 Å². The van der Waals surface area contributed by atoms with Crippen LogP contribution in [0.15, 0.2) is 42.5 Å². The summed E-state index contributed by atoms with van der Waals surface area (Å²) in [6, 6.07) is 12.0. The molecule has 4 N–H and O–H groups in total. The lowest BCUT2D eigenvalue weighted by atomic mass is 9.86. The second kappa shape index (κ2) is 10.5. The molecule has 0 aliphatic heterocycles. The Balaban J connectivity index is 1.59. The van der Waals surface area contributed by atoms with E-state index < -0.39 is 23.2 Å². The van der Waals surface area contributed by atoms with E-state index in [4.69, 9.17) is 14.7 Å². The highest BCUT2D eigenvalue weighted by molar-refractivity contribution is 7.78. The molecule has 2 aromatic heterocycles. The Morgan fingerprint density at radius 3 is 2.31 bits per heavy atom. The average molecular weight is 553 g/mol. The number of benzene rings is 2. The van der Waals surface area contributed by atoms with Crippen LogP contribution in [0.4, 0.5) is 0 Å². The second-order valence-electron chi connectivity index (χ2n) is 11.7. The molecule has 4 rings (SSSR count). The van der Waals surface area contributed by atoms with E-state index in [1.807, 2.05) is 46.8 Å². The molecule has 0 saturated carbocycles. The maximum Gasteiger partial charge on any atom is 0.288 e. The number of aryl methyl sites for hydroxylation is 1. The van der Waals surface area contributed by atoms with Crippen LogP contribution in [0.5, 0.6) is 17.2 Å². The molecule has 2 unspecified atom stereocenters. The SMILES string of the molecule is Cc1ccc(C(C)(C)C)cc1OS(=O)NC(C)c1nnc2c(Oc3ccc(C(N)=O)cc3)c(C(C)(C)C)[nH]n12. The first kappa shape index (κ1) is 28.3. The molecule has 2 aromatic carbocycles. The lowest BCUT2D eigenvalue weighted by molar-refractivity contribution is 0.1000. The Bertz CT molecular complexity index is 1530. The van der Waals surface area contributed by atoms with Crippen molar-refractivity contribution in [2.24, 2.45) is 5.73 Å². The maximum absolute atomic E-state index is 13.0. The van der Waals surface area contributed by atoms with Gasteiger partial charge in [0.2, 0.25) is 11.6 Å². The minimum Gasteiger partial charge on any atom is -0.451 e. The molecule has 0 saturated heterocycles. The molecular formula is C28H36N6O4S. The summed E-state index contributed by atoms with van der Waals surface area (Å²) < 4.78 is 29.7. The van der Waals surface area contributed by atoms with E-state index in [1.54, 1.807) is 28.8 Å². The van der Waals surface area contributed by atoms with Crippen LogP contribution >= 0.6 is 0 Å². The summed E-state index contributed by atoms with van der Waals surface area (Å²) >= 11 is -1.84. The molecule has 2 heterocycles. The van der Waals surface area contributed by atoms with Gasteiger partial charge in [-0.1, -0.05) is 53.7 Å². The van der Waals surface area contributed by atoms with Crippen LogP contribution in [0.1, 0.15) is 87.5 Å². The number of nitrogens with two attached hydrogens (primary N) is 1. The van der Waals surface area contributed by atoms with Gasteiger partial charge in [-0.05, 0) is 60.7 Å². The number of hydrogen-bond acceptors (Lipinski definition) is 6. The zero-order valence-electron chi connectivity index (χ0n) is 23.6. The first-order valence-corrected chi connectivity index (χ1v) is 13.7. The number of amides is 1. The van der Waals surface area contributed by atoms with E-state index in [0.29, 0.717) is 34.3 Å². The average Bonchev–Trinajstić information content (AvgIpc) is 3.40. The third-order valence-electron chi connectivity index (χ3n) is 6.33. The van der Waals surface area contributed by atoms with E-state index >= 15 is 0 Å². The van der Waals surface area contributed by atoms with Gasteiger partial charge in [0.1, 0.15) is 11.5 Å². The predicted octanol–water partition coefficient (Wildman–Crippen LogP) is 5.16. The number of hydrogen-bond donors (Lipinski definition) is 3. The molecule has 2 atom stereocenters. The molecule has 208 valence electrons. The lowest BCUT2D eigenvalue weighted by Gasteiger charge is -2.20. The van der Waals surface area contributed by atoms with Crippen LogP contribution in [0, 0.1) is 6.92 Å². The van der Waals surface area contributed by atoms with Gasteiger partial charge in [-0.25, -0.2) is 4.52 Å². The summed E-state index contributed by atoms with van der Waals surface area (Å²) in [5.74, 6) is 1.58. The third-order valence-corrected chi connectivity index (χ3v) is 7.21. The summed E-state index contributed by atoms with van der Waals surface area (Å²) in [7, 11) is 0. The number of aromatic nitrogens is 4. The minimum atomic E-state index is -1.84. The van der Waals surface area contributed by atoms with Gasteiger partial charge >= 0.3 is 0 Å². The van der Waals surface area contributed by atoms with Crippen molar-refractivity contribution in [1.29, 1.82) is 0 Å². The monoisotopic (exact) mass is 552 g/mol. The number of carbonyl (C=O) groups excluding carboxylic acids is 1. The van der Waals surface area contributed by atoms with Gasteiger partial charge in [0.15, 0.2) is 11.6 Å². The van der Waals surface area contributed by atoms with Crippen LogP contribution in [0.2, 0.25) is 0 Å². The van der Waals surface area contributed by atoms with Crippen molar-refractivity contribution in [3.63, 3.8) is 0 Å². The number of primary amides is 1. The van der Waals surface area contributed by atoms with E-state index in [0.717, 1.165) is 16.8 Å². The van der Waals surface area contributed by atoms with Gasteiger partial charge in [0.25, 0.3) is 11.3 Å².